The first kappa shape index (κ1) is 29.4. The molecule has 2 aliphatic rings. The van der Waals surface area contributed by atoms with Gasteiger partial charge in [-0.05, 0) is 72.4 Å². The third-order valence-corrected chi connectivity index (χ3v) is 9.22. The number of aliphatic carboxylic acids is 1. The average molecular weight is 600 g/mol. The summed E-state index contributed by atoms with van der Waals surface area (Å²) in [6, 6.07) is 4.44. The molecule has 1 amide bonds. The van der Waals surface area contributed by atoms with Crippen LogP contribution in [-0.4, -0.2) is 38.5 Å². The highest BCUT2D eigenvalue weighted by Crippen LogP contribution is 2.38. The lowest BCUT2D eigenvalue weighted by Gasteiger charge is -2.17. The van der Waals surface area contributed by atoms with Crippen molar-refractivity contribution in [2.75, 3.05) is 6.54 Å². The summed E-state index contributed by atoms with van der Waals surface area (Å²) in [5.74, 6) is -2.51. The Bertz CT molecular complexity index is 1320. The maximum absolute atomic E-state index is 13.6. The van der Waals surface area contributed by atoms with Gasteiger partial charge in [0.25, 0.3) is 5.91 Å². The minimum absolute atomic E-state index is 0.0458. The monoisotopic (exact) mass is 599 g/mol. The van der Waals surface area contributed by atoms with Crippen LogP contribution >= 0.6 is 35.3 Å². The molecule has 12 heteroatoms. The number of hydrogen-bond donors (Lipinski definition) is 1. The largest absolute Gasteiger partial charge is 0.481 e. The van der Waals surface area contributed by atoms with E-state index in [1.165, 1.54) is 22.3 Å². The third-order valence-electron chi connectivity index (χ3n) is 6.96. The predicted octanol–water partition coefficient (Wildman–Crippen LogP) is 7.40. The molecule has 2 heterocycles. The van der Waals surface area contributed by atoms with E-state index in [4.69, 9.17) is 17.3 Å². The maximum atomic E-state index is 13.6. The summed E-state index contributed by atoms with van der Waals surface area (Å²) in [5, 5.41) is 10.7. The second kappa shape index (κ2) is 12.3. The molecule has 0 bridgehead atoms. The lowest BCUT2D eigenvalue weighted by atomic mass is 9.92. The smallest absolute Gasteiger partial charge is 0.419 e. The number of rotatable bonds is 8. The molecule has 1 saturated heterocycles. The Labute approximate surface area is 236 Å². The first-order chi connectivity index (χ1) is 18.4. The van der Waals surface area contributed by atoms with Gasteiger partial charge in [0.2, 0.25) is 0 Å². The van der Waals surface area contributed by atoms with Crippen molar-refractivity contribution in [3.05, 3.63) is 50.8 Å². The van der Waals surface area contributed by atoms with Gasteiger partial charge in [-0.3, -0.25) is 19.3 Å². The molecule has 208 valence electrons. The van der Waals surface area contributed by atoms with Crippen molar-refractivity contribution in [2.24, 2.45) is 11.8 Å². The molecule has 1 N–H and O–H groups in total. The standard InChI is InChI=1S/C27H25F4NO4S3/c28-21-7-6-17(12-20(21)27(29,30)31)18-11-19(38-14-18)13-23-25(36)32(26(37)39-23)9-8-22(33)16-3-1-2-15(4-5-16)10-24(34)35/h6-7,11-16H,1-5,8-10H2,(H,34,35)/b23-13-/t15-,16+/m1/s1. The molecule has 2 atom stereocenters. The Morgan fingerprint density at radius 2 is 1.90 bits per heavy atom. The molecule has 0 radical (unpaired) electrons. The molecule has 39 heavy (non-hydrogen) atoms. The van der Waals surface area contributed by atoms with Gasteiger partial charge < -0.3 is 5.11 Å². The van der Waals surface area contributed by atoms with Crippen molar-refractivity contribution in [2.45, 2.75) is 51.1 Å². The molecular weight excluding hydrogens is 574 g/mol. The predicted molar refractivity (Wildman–Crippen MR) is 147 cm³/mol. The van der Waals surface area contributed by atoms with Crippen LogP contribution in [0.3, 0.4) is 0 Å². The lowest BCUT2D eigenvalue weighted by Crippen LogP contribution is -2.31. The van der Waals surface area contributed by atoms with E-state index in [9.17, 15) is 31.9 Å². The van der Waals surface area contributed by atoms with Gasteiger partial charge in [-0.1, -0.05) is 36.5 Å². The molecular formula is C27H25F4NO4S3. The van der Waals surface area contributed by atoms with Crippen molar-refractivity contribution in [1.29, 1.82) is 0 Å². The number of hydrogen-bond acceptors (Lipinski definition) is 6. The van der Waals surface area contributed by atoms with Crippen molar-refractivity contribution in [1.82, 2.24) is 4.90 Å². The number of amides is 1. The van der Waals surface area contributed by atoms with Crippen LogP contribution in [0.1, 0.15) is 55.4 Å². The summed E-state index contributed by atoms with van der Waals surface area (Å²) >= 11 is 7.68. The van der Waals surface area contributed by atoms with Gasteiger partial charge in [0.1, 0.15) is 15.9 Å². The molecule has 1 aliphatic carbocycles. The number of carbonyl (C=O) groups excluding carboxylic acids is 2. The fraction of sp³-hybridized carbons (Fsp3) is 0.407. The number of carboxylic acid groups (broad SMARTS) is 1. The minimum atomic E-state index is -4.81. The van der Waals surface area contributed by atoms with Gasteiger partial charge in [0, 0.05) is 30.2 Å². The first-order valence-corrected chi connectivity index (χ1v) is 14.5. The fourth-order valence-corrected chi connectivity index (χ4v) is 7.12. The van der Waals surface area contributed by atoms with E-state index in [1.807, 2.05) is 0 Å². The Balaban J connectivity index is 1.38. The van der Waals surface area contributed by atoms with E-state index in [0.717, 1.165) is 36.7 Å². The highest BCUT2D eigenvalue weighted by atomic mass is 32.2. The van der Waals surface area contributed by atoms with Gasteiger partial charge in [0.15, 0.2) is 0 Å². The Kier molecular flexibility index (Phi) is 9.28. The topological polar surface area (TPSA) is 74.7 Å². The number of alkyl halides is 3. The number of ketones is 1. The first-order valence-electron chi connectivity index (χ1n) is 12.4. The van der Waals surface area contributed by atoms with Gasteiger partial charge >= 0.3 is 12.1 Å². The summed E-state index contributed by atoms with van der Waals surface area (Å²) in [6.07, 6.45) is 0.731. The molecule has 1 saturated carbocycles. The summed E-state index contributed by atoms with van der Waals surface area (Å²) in [4.78, 5) is 39.2. The fourth-order valence-electron chi connectivity index (χ4n) is 4.90. The van der Waals surface area contributed by atoms with E-state index >= 15 is 0 Å². The van der Waals surface area contributed by atoms with Crippen LogP contribution in [0.5, 0.6) is 0 Å². The minimum Gasteiger partial charge on any atom is -0.481 e. The van der Waals surface area contributed by atoms with Crippen LogP contribution in [0.4, 0.5) is 17.6 Å². The van der Waals surface area contributed by atoms with Crippen LogP contribution in [0.25, 0.3) is 17.2 Å². The molecule has 0 spiro atoms. The number of benzene rings is 1. The second-order valence-electron chi connectivity index (χ2n) is 9.65. The van der Waals surface area contributed by atoms with Crippen molar-refractivity contribution < 1.29 is 37.1 Å². The van der Waals surface area contributed by atoms with Crippen molar-refractivity contribution in [3.8, 4) is 11.1 Å². The SMILES string of the molecule is O=C(O)C[C@@H]1CCC[C@H](C(=O)CCN2C(=O)/C(=C/c3cc(-c4ccc(F)c(C(F)(F)F)c4)cs3)SC2=S)CC1. The van der Waals surface area contributed by atoms with Crippen LogP contribution in [0, 0.1) is 17.7 Å². The maximum Gasteiger partial charge on any atom is 0.419 e. The molecule has 1 aromatic carbocycles. The summed E-state index contributed by atoms with van der Waals surface area (Å²) in [6.45, 7) is 0.154. The third kappa shape index (κ3) is 7.34. The van der Waals surface area contributed by atoms with Crippen LogP contribution < -0.4 is 0 Å². The number of thioether (sulfide) groups is 1. The van der Waals surface area contributed by atoms with E-state index in [0.29, 0.717) is 38.9 Å². The normalized spacial score (nSPS) is 21.4. The molecule has 4 rings (SSSR count). The zero-order chi connectivity index (χ0) is 28.3. The van der Waals surface area contributed by atoms with Gasteiger partial charge in [-0.2, -0.15) is 13.2 Å². The Hall–Kier alpha value is -2.57. The Morgan fingerprint density at radius 3 is 2.62 bits per heavy atom. The van der Waals surface area contributed by atoms with Crippen LogP contribution in [-0.2, 0) is 20.6 Å². The highest BCUT2D eigenvalue weighted by molar-refractivity contribution is 8.26. The molecule has 2 aromatic rings. The number of carbonyl (C=O) groups is 3. The van der Waals surface area contributed by atoms with Crippen LogP contribution in [0.15, 0.2) is 34.6 Å². The average Bonchev–Trinajstić information content (AvgIpc) is 3.33. The second-order valence-corrected chi connectivity index (χ2v) is 12.3. The van der Waals surface area contributed by atoms with Crippen molar-refractivity contribution >= 4 is 63.4 Å². The van der Waals surface area contributed by atoms with Gasteiger partial charge in [-0.15, -0.1) is 11.3 Å². The zero-order valence-electron chi connectivity index (χ0n) is 20.6. The molecule has 2 fully saturated rings. The number of Topliss-reactive ketones (excluding diaryl/α,β-unsaturated/α-hetero) is 1. The van der Waals surface area contributed by atoms with E-state index in [-0.39, 0.29) is 48.5 Å². The number of carboxylic acids is 1. The summed E-state index contributed by atoms with van der Waals surface area (Å²) in [5.41, 5.74) is -0.669. The number of nitrogens with zero attached hydrogens (tertiary/aromatic N) is 1. The molecule has 0 unspecified atom stereocenters. The summed E-state index contributed by atoms with van der Waals surface area (Å²) < 4.78 is 53.2. The number of thiocarbonyl (C=S) groups is 1. The van der Waals surface area contributed by atoms with E-state index in [2.05, 4.69) is 0 Å². The van der Waals surface area contributed by atoms with E-state index < -0.39 is 23.5 Å². The quantitative estimate of drug-likeness (QED) is 0.148. The van der Waals surface area contributed by atoms with Gasteiger partial charge in [-0.25, -0.2) is 4.39 Å². The van der Waals surface area contributed by atoms with E-state index in [1.54, 1.807) is 17.5 Å². The molecule has 1 aromatic heterocycles. The zero-order valence-corrected chi connectivity index (χ0v) is 23.1. The highest BCUT2D eigenvalue weighted by Gasteiger charge is 2.35. The summed E-state index contributed by atoms with van der Waals surface area (Å²) in [7, 11) is 0. The Morgan fingerprint density at radius 1 is 1.13 bits per heavy atom. The van der Waals surface area contributed by atoms with Crippen molar-refractivity contribution in [3.63, 3.8) is 0 Å². The van der Waals surface area contributed by atoms with Gasteiger partial charge in [0.05, 0.1) is 10.5 Å². The number of halogens is 4. The lowest BCUT2D eigenvalue weighted by molar-refractivity contribution is -0.140. The molecule has 5 nitrogen and oxygen atoms in total. The molecule has 1 aliphatic heterocycles. The van der Waals surface area contributed by atoms with Crippen LogP contribution in [0.2, 0.25) is 0 Å². The number of thiophene rings is 1.